The summed E-state index contributed by atoms with van der Waals surface area (Å²) in [7, 11) is 1.77. The number of nitrogen functional groups attached to an aromatic ring is 1. The number of likely N-dealkylation sites (tertiary alicyclic amines) is 1. The smallest absolute Gasteiger partial charge is 0.417 e. The lowest BCUT2D eigenvalue weighted by Crippen LogP contribution is -2.51. The molecule has 0 spiro atoms. The summed E-state index contributed by atoms with van der Waals surface area (Å²) in [6.07, 6.45) is -4.05. The van der Waals surface area contributed by atoms with E-state index in [1.807, 2.05) is 16.7 Å². The van der Waals surface area contributed by atoms with Gasteiger partial charge in [-0.3, -0.25) is 4.90 Å². The molecular weight excluding hydrogens is 608 g/mol. The van der Waals surface area contributed by atoms with E-state index in [0.29, 0.717) is 13.1 Å². The number of hydrogen-bond acceptors (Lipinski definition) is 9. The summed E-state index contributed by atoms with van der Waals surface area (Å²) in [6, 6.07) is 2.85. The third-order valence-electron chi connectivity index (χ3n) is 9.06. The third kappa shape index (κ3) is 4.88. The highest BCUT2D eigenvalue weighted by Gasteiger charge is 2.42. The van der Waals surface area contributed by atoms with Gasteiger partial charge in [-0.15, -0.1) is 0 Å². The first kappa shape index (κ1) is 29.3. The topological polar surface area (TPSA) is 92.4 Å². The molecule has 3 aliphatic rings. The second kappa shape index (κ2) is 10.3. The van der Waals surface area contributed by atoms with E-state index in [1.54, 1.807) is 7.05 Å². The highest BCUT2D eigenvalue weighted by atomic mass is 32.1. The third-order valence-corrected chi connectivity index (χ3v) is 9.95. The molecule has 2 aromatic carbocycles. The summed E-state index contributed by atoms with van der Waals surface area (Å²) in [5.74, 6) is -1.88. The fourth-order valence-corrected chi connectivity index (χ4v) is 7.52. The Labute approximate surface area is 252 Å². The van der Waals surface area contributed by atoms with Gasteiger partial charge in [0.1, 0.15) is 29.9 Å². The Morgan fingerprint density at radius 2 is 1.82 bits per heavy atom. The van der Waals surface area contributed by atoms with E-state index in [2.05, 4.69) is 20.3 Å². The average Bonchev–Trinajstić information content (AvgIpc) is 3.60. The maximum atomic E-state index is 16.7. The van der Waals surface area contributed by atoms with Gasteiger partial charge in [-0.2, -0.15) is 23.1 Å². The first-order valence-corrected chi connectivity index (χ1v) is 15.1. The molecule has 8 nitrogen and oxygen atoms in total. The number of fused-ring (bicyclic) bond motifs is 4. The molecule has 0 saturated carbocycles. The molecule has 0 amide bonds. The van der Waals surface area contributed by atoms with Crippen molar-refractivity contribution in [1.29, 1.82) is 0 Å². The van der Waals surface area contributed by atoms with Gasteiger partial charge in [-0.1, -0.05) is 11.3 Å². The van der Waals surface area contributed by atoms with Crippen molar-refractivity contribution < 1.29 is 31.1 Å². The molecule has 4 aromatic rings. The summed E-state index contributed by atoms with van der Waals surface area (Å²) < 4.78 is 95.5. The van der Waals surface area contributed by atoms with Crippen molar-refractivity contribution in [2.75, 3.05) is 43.9 Å². The largest absolute Gasteiger partial charge is 0.461 e. The number of hydrogen-bond donors (Lipinski definition) is 2. The summed E-state index contributed by atoms with van der Waals surface area (Å²) in [6.45, 7) is 2.93. The first-order chi connectivity index (χ1) is 20.8. The Hall–Kier alpha value is -3.43. The number of halogens is 6. The van der Waals surface area contributed by atoms with Gasteiger partial charge in [0.2, 0.25) is 0 Å². The number of likely N-dealkylation sites (N-methyl/N-ethyl adjacent to an activating group) is 1. The Bertz CT molecular complexity index is 1770. The Morgan fingerprint density at radius 1 is 1.09 bits per heavy atom. The number of alkyl halides is 4. The summed E-state index contributed by atoms with van der Waals surface area (Å²) in [5.41, 5.74) is 2.16. The number of ether oxygens (including phenoxy) is 1. The molecule has 3 aliphatic heterocycles. The Morgan fingerprint density at radius 3 is 2.48 bits per heavy atom. The molecular formula is C29H29F6N7OS. The SMILES string of the molecule is CN1C[C@H](F)C[C@]1(C)COc1nc(N2CC3CCC(C2)N3)c2cc(C(F)(F)F)c(-c3ccc(F)c4sc(N)nc34)c(F)c2n1. The second-order valence-electron chi connectivity index (χ2n) is 12.2. The quantitative estimate of drug-likeness (QED) is 0.276. The van der Waals surface area contributed by atoms with Crippen LogP contribution in [0.4, 0.5) is 37.3 Å². The molecule has 234 valence electrons. The number of anilines is 2. The van der Waals surface area contributed by atoms with Gasteiger partial charge in [0, 0.05) is 54.7 Å². The van der Waals surface area contributed by atoms with Crippen LogP contribution in [-0.4, -0.2) is 76.9 Å². The number of thiazole rings is 1. The van der Waals surface area contributed by atoms with Gasteiger partial charge in [0.05, 0.1) is 21.3 Å². The number of nitrogens with one attached hydrogen (secondary N) is 1. The summed E-state index contributed by atoms with van der Waals surface area (Å²) >= 11 is 0.758. The average molecular weight is 638 g/mol. The minimum Gasteiger partial charge on any atom is -0.461 e. The van der Waals surface area contributed by atoms with Crippen LogP contribution in [0.1, 0.15) is 31.7 Å². The van der Waals surface area contributed by atoms with Crippen LogP contribution in [0.25, 0.3) is 32.2 Å². The predicted octanol–water partition coefficient (Wildman–Crippen LogP) is 5.54. The standard InChI is InChI=1S/C29H29F6N7OS/c1-28(8-13(30)9-41(28)2)12-43-27-39-22-17(25(40-27)42-10-14-3-4-15(11-42)37-14)7-18(29(33,34)35)20(21(22)32)16-5-6-19(31)24-23(16)38-26(36)44-24/h5-7,13-15,37H,3-4,8-12H2,1-2H3,(H2,36,38)/t13-,14?,15?,28-/m1/s1. The molecule has 3 saturated heterocycles. The molecule has 7 rings (SSSR count). The zero-order chi connectivity index (χ0) is 31.1. The van der Waals surface area contributed by atoms with Crippen LogP contribution in [0.15, 0.2) is 18.2 Å². The molecule has 4 atom stereocenters. The Kier molecular flexibility index (Phi) is 6.86. The molecule has 2 bridgehead atoms. The van der Waals surface area contributed by atoms with Crippen LogP contribution in [0.5, 0.6) is 6.01 Å². The van der Waals surface area contributed by atoms with Crippen LogP contribution in [0, 0.1) is 11.6 Å². The van der Waals surface area contributed by atoms with Crippen LogP contribution in [-0.2, 0) is 6.18 Å². The maximum Gasteiger partial charge on any atom is 0.417 e. The highest BCUT2D eigenvalue weighted by Crippen LogP contribution is 2.46. The van der Waals surface area contributed by atoms with Gasteiger partial charge in [-0.05, 0) is 45.0 Å². The fourth-order valence-electron chi connectivity index (χ4n) is 6.75. The molecule has 2 aromatic heterocycles. The van der Waals surface area contributed by atoms with Crippen molar-refractivity contribution in [3.63, 3.8) is 0 Å². The summed E-state index contributed by atoms with van der Waals surface area (Å²) in [4.78, 5) is 16.5. The highest BCUT2D eigenvalue weighted by molar-refractivity contribution is 7.22. The number of aromatic nitrogens is 3. The number of nitrogens with two attached hydrogens (primary N) is 1. The van der Waals surface area contributed by atoms with Crippen molar-refractivity contribution in [2.45, 2.75) is 56.2 Å². The van der Waals surface area contributed by atoms with Gasteiger partial charge in [0.15, 0.2) is 10.9 Å². The zero-order valence-corrected chi connectivity index (χ0v) is 24.6. The van der Waals surface area contributed by atoms with E-state index in [0.717, 1.165) is 42.4 Å². The molecule has 3 N–H and O–H groups in total. The lowest BCUT2D eigenvalue weighted by Gasteiger charge is -2.35. The van der Waals surface area contributed by atoms with Crippen molar-refractivity contribution in [3.8, 4) is 17.1 Å². The van der Waals surface area contributed by atoms with Gasteiger partial charge >= 0.3 is 12.2 Å². The van der Waals surface area contributed by atoms with Gasteiger partial charge in [-0.25, -0.2) is 18.2 Å². The molecule has 0 radical (unpaired) electrons. The van der Waals surface area contributed by atoms with E-state index in [4.69, 9.17) is 10.5 Å². The normalized spacial score (nSPS) is 25.9. The van der Waals surface area contributed by atoms with E-state index in [-0.39, 0.29) is 75.3 Å². The number of benzene rings is 2. The molecule has 0 aliphatic carbocycles. The number of nitrogens with zero attached hydrogens (tertiary/aromatic N) is 5. The number of piperazine rings is 1. The first-order valence-electron chi connectivity index (χ1n) is 14.3. The van der Waals surface area contributed by atoms with Gasteiger partial charge < -0.3 is 20.7 Å². The minimum absolute atomic E-state index is 0.0204. The van der Waals surface area contributed by atoms with E-state index in [1.165, 1.54) is 0 Å². The predicted molar refractivity (Wildman–Crippen MR) is 156 cm³/mol. The van der Waals surface area contributed by atoms with E-state index < -0.39 is 40.6 Å². The monoisotopic (exact) mass is 637 g/mol. The lowest BCUT2D eigenvalue weighted by atomic mass is 9.95. The molecule has 44 heavy (non-hydrogen) atoms. The van der Waals surface area contributed by atoms with Crippen molar-refractivity contribution in [2.24, 2.45) is 0 Å². The molecule has 5 heterocycles. The van der Waals surface area contributed by atoms with Crippen molar-refractivity contribution in [1.82, 2.24) is 25.2 Å². The lowest BCUT2D eigenvalue weighted by molar-refractivity contribution is -0.137. The van der Waals surface area contributed by atoms with Crippen LogP contribution in [0.3, 0.4) is 0 Å². The fraction of sp³-hybridized carbons (Fsp3) is 0.483. The number of rotatable bonds is 5. The molecule has 3 fully saturated rings. The van der Waals surface area contributed by atoms with Gasteiger partial charge in [0.25, 0.3) is 0 Å². The Balaban J connectivity index is 1.44. The van der Waals surface area contributed by atoms with Crippen molar-refractivity contribution >= 4 is 43.4 Å². The van der Waals surface area contributed by atoms with E-state index >= 15 is 4.39 Å². The molecule has 2 unspecified atom stereocenters. The second-order valence-corrected chi connectivity index (χ2v) is 13.2. The van der Waals surface area contributed by atoms with Crippen LogP contribution in [0.2, 0.25) is 0 Å². The minimum atomic E-state index is -4.99. The summed E-state index contributed by atoms with van der Waals surface area (Å²) in [5, 5.41) is 3.27. The molecule has 15 heteroatoms. The maximum absolute atomic E-state index is 16.7. The van der Waals surface area contributed by atoms with E-state index in [9.17, 15) is 22.0 Å². The van der Waals surface area contributed by atoms with Crippen LogP contribution >= 0.6 is 11.3 Å². The zero-order valence-electron chi connectivity index (χ0n) is 23.8. The van der Waals surface area contributed by atoms with Crippen LogP contribution < -0.4 is 20.7 Å². The van der Waals surface area contributed by atoms with Crippen molar-refractivity contribution in [3.05, 3.63) is 35.4 Å².